The molecule has 0 spiro atoms. The van der Waals surface area contributed by atoms with Crippen LogP contribution in [0.4, 0.5) is 0 Å². The molecule has 302 valence electrons. The van der Waals surface area contributed by atoms with Gasteiger partial charge < -0.3 is 0 Å². The summed E-state index contributed by atoms with van der Waals surface area (Å²) in [7, 11) is 30.5. The summed E-state index contributed by atoms with van der Waals surface area (Å²) in [5.74, 6) is 1.08. The van der Waals surface area contributed by atoms with Gasteiger partial charge >= 0.3 is 0 Å². The van der Waals surface area contributed by atoms with Crippen LogP contribution < -0.4 is 43.7 Å². The molecule has 0 radical (unpaired) electrons. The normalized spacial score (nSPS) is 12.1. The number of rotatable bonds is 7. The first-order valence-electron chi connectivity index (χ1n) is 23.7. The molecule has 2 nitrogen and oxygen atoms in total. The summed E-state index contributed by atoms with van der Waals surface area (Å²) in [4.78, 5) is 5.43. The summed E-state index contributed by atoms with van der Waals surface area (Å²) in [6.45, 7) is 0. The van der Waals surface area contributed by atoms with Crippen molar-refractivity contribution in [3.05, 3.63) is 145 Å². The van der Waals surface area contributed by atoms with E-state index in [0.717, 1.165) is 22.5 Å². The van der Waals surface area contributed by atoms with Crippen LogP contribution in [0.1, 0.15) is 5.82 Å². The van der Waals surface area contributed by atoms with Crippen molar-refractivity contribution in [2.45, 2.75) is 10.3 Å². The zero-order chi connectivity index (χ0) is 46.6. The lowest BCUT2D eigenvalue weighted by molar-refractivity contribution is 0.758. The number of fused-ring (bicyclic) bond motifs is 4. The predicted octanol–water partition coefficient (Wildman–Crippen LogP) is -5.39. The van der Waals surface area contributed by atoms with Gasteiger partial charge in [-0.05, 0) is 113 Å². The van der Waals surface area contributed by atoms with E-state index in [-0.39, 0.29) is 10.3 Å². The van der Waals surface area contributed by atoms with Crippen molar-refractivity contribution < 1.29 is 0 Å². The second-order valence-corrected chi connectivity index (χ2v) is 20.6. The average molecular weight is 831 g/mol. The predicted molar refractivity (Wildman–Crippen MR) is 328 cm³/mol. The minimum atomic E-state index is -0.236. The number of hydrogen-bond acceptors (Lipinski definition) is 1. The quantitative estimate of drug-likeness (QED) is 0.116. The van der Waals surface area contributed by atoms with Crippen LogP contribution in [0.2, 0.25) is 5.11 Å². The number of nitrogens with zero attached hydrogens (tertiary/aromatic N) is 2. The molecule has 0 saturated carbocycles. The smallest absolute Gasteiger partial charge is 0.139 e. The maximum Gasteiger partial charge on any atom is 0.139 e. The third-order valence-electron chi connectivity index (χ3n) is 16.2. The van der Waals surface area contributed by atoms with Crippen molar-refractivity contribution >= 4 is 189 Å². The first-order chi connectivity index (χ1) is 31.5. The maximum atomic E-state index is 5.43. The summed E-state index contributed by atoms with van der Waals surface area (Å²) in [6.07, 6.45) is 0. The zero-order valence-electron chi connectivity index (χ0n) is 41.2. The fourth-order valence-corrected chi connectivity index (χ4v) is 10.8. The van der Waals surface area contributed by atoms with Gasteiger partial charge in [0, 0.05) is 5.39 Å². The molecule has 0 amide bonds. The van der Waals surface area contributed by atoms with Crippen LogP contribution in [0.3, 0.4) is 0 Å². The minimum Gasteiger partial charge on any atom is -0.296 e. The molecule has 9 aromatic carbocycles. The fraction of sp³-hybridized carbons (Fsp3) is 0.0392. The molecular formula is C51H49B13N2. The molecule has 1 heterocycles. The van der Waals surface area contributed by atoms with Crippen molar-refractivity contribution in [3.8, 4) is 50.2 Å². The largest absolute Gasteiger partial charge is 0.296 e. The number of para-hydroxylation sites is 2. The number of imidazole rings is 1. The lowest BCUT2D eigenvalue weighted by atomic mass is 9.23. The zero-order valence-corrected chi connectivity index (χ0v) is 41.2. The molecule has 1 aromatic heterocycles. The molecule has 0 aliphatic carbocycles. The summed E-state index contributed by atoms with van der Waals surface area (Å²) < 4.78 is 2.46. The maximum absolute atomic E-state index is 5.43. The van der Waals surface area contributed by atoms with Gasteiger partial charge in [-0.1, -0.05) is 125 Å². The van der Waals surface area contributed by atoms with Gasteiger partial charge in [0.15, 0.2) is 0 Å². The molecule has 66 heavy (non-hydrogen) atoms. The first-order valence-corrected chi connectivity index (χ1v) is 23.7. The van der Waals surface area contributed by atoms with Gasteiger partial charge in [0.05, 0.1) is 40.3 Å². The highest BCUT2D eigenvalue weighted by atomic mass is 15.1. The Kier molecular flexibility index (Phi) is 10.8. The van der Waals surface area contributed by atoms with Gasteiger partial charge in [-0.3, -0.25) is 4.57 Å². The van der Waals surface area contributed by atoms with E-state index < -0.39 is 0 Å². The summed E-state index contributed by atoms with van der Waals surface area (Å²) in [6, 6.07) is 51.7. The van der Waals surface area contributed by atoms with E-state index in [1.54, 1.807) is 0 Å². The van der Waals surface area contributed by atoms with Crippen LogP contribution in [-0.4, -0.2) is 112 Å². The molecule has 0 bridgehead atoms. The second kappa shape index (κ2) is 16.1. The van der Waals surface area contributed by atoms with Crippen molar-refractivity contribution in [2.75, 3.05) is 0 Å². The SMILES string of the molecule is Bc1c(B)c(B)c2c(-c3ccc(-n4c(C(B)(B)C(B)(B)B)nc5ccccc54)c4ccccc34)c3c(B)c(B)c(B)c(B)c3c(-c3cc(-c4ccccc4)cc(-c4ccccc4)c3)c2c1B. The Balaban J connectivity index is 1.39. The highest BCUT2D eigenvalue weighted by Crippen LogP contribution is 2.46. The Morgan fingerprint density at radius 2 is 0.803 bits per heavy atom. The van der Waals surface area contributed by atoms with Crippen molar-refractivity contribution in [3.63, 3.8) is 0 Å². The Labute approximate surface area is 402 Å². The molecule has 15 heteroatoms. The summed E-state index contributed by atoms with van der Waals surface area (Å²) in [5.41, 5.74) is 24.1. The Hall–Kier alpha value is -5.93. The van der Waals surface area contributed by atoms with Gasteiger partial charge in [0.25, 0.3) is 0 Å². The molecule has 10 aromatic rings. The lowest BCUT2D eigenvalue weighted by Crippen LogP contribution is -2.50. The van der Waals surface area contributed by atoms with E-state index in [0.29, 0.717) is 0 Å². The van der Waals surface area contributed by atoms with Crippen LogP contribution in [-0.2, 0) is 5.21 Å². The van der Waals surface area contributed by atoms with Crippen LogP contribution in [0, 0.1) is 0 Å². The third kappa shape index (κ3) is 6.70. The van der Waals surface area contributed by atoms with Gasteiger partial charge in [0.1, 0.15) is 84.3 Å². The van der Waals surface area contributed by atoms with E-state index in [4.69, 9.17) is 4.98 Å². The van der Waals surface area contributed by atoms with Gasteiger partial charge in [-0.15, -0.1) is 27.0 Å². The topological polar surface area (TPSA) is 17.8 Å². The fourth-order valence-electron chi connectivity index (χ4n) is 10.8. The number of aromatic nitrogens is 2. The number of benzene rings is 9. The molecule has 0 aliphatic rings. The standard InChI is InChI=1S/C51H49B13N2/c52-41-37-35(28-22-26(24-11-3-1-4-12-24)21-27(23-28)25-13-5-2-6-14-25)38-40(44(55)48(59)46(57)42(38)53)36(39(37)43(54)47(58)45(41)56)31-19-20-33(30-16-8-7-15-29(30)31)66-34-18-10-9-17-32(34)65-49(66)50(60,61)51(62,63)64/h1-23H,52-64H2. The van der Waals surface area contributed by atoms with Crippen molar-refractivity contribution in [2.24, 2.45) is 0 Å². The molecule has 0 aliphatic heterocycles. The lowest BCUT2D eigenvalue weighted by Gasteiger charge is -2.39. The molecular weight excluding hydrogens is 781 g/mol. The van der Waals surface area contributed by atoms with E-state index >= 15 is 0 Å². The third-order valence-corrected chi connectivity index (χ3v) is 16.2. The molecule has 0 fully saturated rings. The Morgan fingerprint density at radius 1 is 0.379 bits per heavy atom. The van der Waals surface area contributed by atoms with Crippen molar-refractivity contribution in [1.82, 2.24) is 9.55 Å². The number of hydrogen-bond donors (Lipinski definition) is 0. The van der Waals surface area contributed by atoms with E-state index in [1.807, 2.05) is 0 Å². The molecule has 0 saturated heterocycles. The first kappa shape index (κ1) is 43.9. The average Bonchev–Trinajstić information content (AvgIpc) is 3.73. The Bertz CT molecular complexity index is 3500. The highest BCUT2D eigenvalue weighted by molar-refractivity contribution is 6.71. The van der Waals surface area contributed by atoms with E-state index in [1.165, 1.54) is 121 Å². The van der Waals surface area contributed by atoms with Gasteiger partial charge in [-0.25, -0.2) is 4.98 Å². The van der Waals surface area contributed by atoms with E-state index in [2.05, 4.69) is 246 Å². The Morgan fingerprint density at radius 3 is 1.30 bits per heavy atom. The van der Waals surface area contributed by atoms with Crippen LogP contribution in [0.25, 0.3) is 93.5 Å². The molecule has 0 unspecified atom stereocenters. The van der Waals surface area contributed by atoms with Crippen LogP contribution >= 0.6 is 0 Å². The molecule has 0 N–H and O–H groups in total. The molecule has 0 atom stereocenters. The van der Waals surface area contributed by atoms with Gasteiger partial charge in [0.2, 0.25) is 0 Å². The van der Waals surface area contributed by atoms with Crippen molar-refractivity contribution in [1.29, 1.82) is 0 Å². The highest BCUT2D eigenvalue weighted by Gasteiger charge is 2.39. The van der Waals surface area contributed by atoms with E-state index in [9.17, 15) is 0 Å². The van der Waals surface area contributed by atoms with Crippen LogP contribution in [0.15, 0.2) is 140 Å². The van der Waals surface area contributed by atoms with Gasteiger partial charge in [-0.2, -0.15) is 0 Å². The summed E-state index contributed by atoms with van der Waals surface area (Å²) >= 11 is 0. The minimum absolute atomic E-state index is 0.0410. The van der Waals surface area contributed by atoms with Crippen LogP contribution in [0.5, 0.6) is 0 Å². The summed E-state index contributed by atoms with van der Waals surface area (Å²) in [5, 5.41) is 7.55. The second-order valence-electron chi connectivity index (χ2n) is 20.6. The monoisotopic (exact) mass is 833 g/mol. The molecule has 10 rings (SSSR count).